The van der Waals surface area contributed by atoms with Crippen LogP contribution in [0.5, 0.6) is 0 Å². The highest BCUT2D eigenvalue weighted by atomic mass is 79.9. The first kappa shape index (κ1) is 18.8. The van der Waals surface area contributed by atoms with Gasteiger partial charge >= 0.3 is 0 Å². The van der Waals surface area contributed by atoms with E-state index >= 15 is 0 Å². The Balaban J connectivity index is 2.14. The molecule has 0 aliphatic rings. The first-order chi connectivity index (χ1) is 12.1. The first-order valence-electron chi connectivity index (χ1n) is 8.11. The van der Waals surface area contributed by atoms with Crippen LogP contribution in [0.25, 0.3) is 6.08 Å². The number of nitriles is 1. The van der Waals surface area contributed by atoms with E-state index in [1.165, 1.54) is 0 Å². The average molecular weight is 398 g/mol. The minimum Gasteiger partial charge on any atom is -0.372 e. The van der Waals surface area contributed by atoms with Gasteiger partial charge < -0.3 is 10.2 Å². The molecule has 0 aromatic heterocycles. The lowest BCUT2D eigenvalue weighted by atomic mass is 10.1. The Kier molecular flexibility index (Phi) is 6.79. The van der Waals surface area contributed by atoms with Crippen LogP contribution in [0.15, 0.2) is 58.6 Å². The third kappa shape index (κ3) is 5.20. The quantitative estimate of drug-likeness (QED) is 0.560. The van der Waals surface area contributed by atoms with Gasteiger partial charge in [-0.15, -0.1) is 0 Å². The van der Waals surface area contributed by atoms with Gasteiger partial charge in [0.15, 0.2) is 0 Å². The Labute approximate surface area is 156 Å². The molecule has 0 aliphatic carbocycles. The van der Waals surface area contributed by atoms with Gasteiger partial charge in [0.2, 0.25) is 0 Å². The molecule has 0 atom stereocenters. The van der Waals surface area contributed by atoms with Crippen molar-refractivity contribution in [3.8, 4) is 6.07 Å². The van der Waals surface area contributed by atoms with Gasteiger partial charge in [0.1, 0.15) is 11.6 Å². The van der Waals surface area contributed by atoms with E-state index in [4.69, 9.17) is 0 Å². The van der Waals surface area contributed by atoms with E-state index in [9.17, 15) is 10.1 Å². The molecule has 128 valence electrons. The molecule has 2 aromatic carbocycles. The lowest BCUT2D eigenvalue weighted by molar-refractivity contribution is -0.112. The molecule has 0 spiro atoms. The number of hydrogen-bond donors (Lipinski definition) is 1. The summed E-state index contributed by atoms with van der Waals surface area (Å²) in [5, 5.41) is 12.0. The molecule has 0 saturated carbocycles. The third-order valence-corrected chi connectivity index (χ3v) is 4.33. The van der Waals surface area contributed by atoms with Crippen LogP contribution >= 0.6 is 15.9 Å². The summed E-state index contributed by atoms with van der Waals surface area (Å²) in [4.78, 5) is 14.5. The zero-order valence-corrected chi connectivity index (χ0v) is 15.9. The smallest absolute Gasteiger partial charge is 0.266 e. The molecule has 0 fully saturated rings. The highest BCUT2D eigenvalue weighted by Crippen LogP contribution is 2.18. The van der Waals surface area contributed by atoms with Gasteiger partial charge in [-0.05, 0) is 61.9 Å². The summed E-state index contributed by atoms with van der Waals surface area (Å²) in [5.74, 6) is -0.419. The van der Waals surface area contributed by atoms with Crippen LogP contribution in [0.4, 0.5) is 11.4 Å². The molecule has 0 unspecified atom stereocenters. The zero-order chi connectivity index (χ0) is 18.2. The number of amides is 1. The maximum absolute atomic E-state index is 12.3. The summed E-state index contributed by atoms with van der Waals surface area (Å²) in [7, 11) is 0. The van der Waals surface area contributed by atoms with Crippen molar-refractivity contribution in [2.75, 3.05) is 23.3 Å². The van der Waals surface area contributed by atoms with Crippen LogP contribution in [0.2, 0.25) is 0 Å². The summed E-state index contributed by atoms with van der Waals surface area (Å²) < 4.78 is 0.926. The van der Waals surface area contributed by atoms with Crippen molar-refractivity contribution in [2.24, 2.45) is 0 Å². The van der Waals surface area contributed by atoms with Crippen LogP contribution in [-0.4, -0.2) is 19.0 Å². The number of hydrogen-bond acceptors (Lipinski definition) is 3. The summed E-state index contributed by atoms with van der Waals surface area (Å²) in [6, 6.07) is 17.0. The van der Waals surface area contributed by atoms with Crippen molar-refractivity contribution < 1.29 is 4.79 Å². The van der Waals surface area contributed by atoms with Crippen molar-refractivity contribution in [2.45, 2.75) is 13.8 Å². The fourth-order valence-corrected chi connectivity index (χ4v) is 2.68. The van der Waals surface area contributed by atoms with E-state index < -0.39 is 5.91 Å². The second-order valence-corrected chi connectivity index (χ2v) is 6.31. The minimum absolute atomic E-state index is 0.0681. The second kappa shape index (κ2) is 9.05. The first-order valence-corrected chi connectivity index (χ1v) is 8.90. The second-order valence-electron chi connectivity index (χ2n) is 5.39. The molecular weight excluding hydrogens is 378 g/mol. The van der Waals surface area contributed by atoms with Crippen molar-refractivity contribution in [1.82, 2.24) is 0 Å². The number of rotatable bonds is 6. The van der Waals surface area contributed by atoms with Gasteiger partial charge in [0.05, 0.1) is 0 Å². The number of halogens is 1. The Morgan fingerprint density at radius 2 is 1.72 bits per heavy atom. The van der Waals surface area contributed by atoms with Gasteiger partial charge in [0, 0.05) is 28.9 Å². The third-order valence-electron chi connectivity index (χ3n) is 3.80. The Hall–Kier alpha value is -2.58. The molecule has 0 heterocycles. The van der Waals surface area contributed by atoms with Gasteiger partial charge in [-0.2, -0.15) is 5.26 Å². The number of carbonyl (C=O) groups excluding carboxylic acids is 1. The van der Waals surface area contributed by atoms with E-state index in [0.29, 0.717) is 5.69 Å². The number of nitrogens with zero attached hydrogens (tertiary/aromatic N) is 2. The monoisotopic (exact) mass is 397 g/mol. The van der Waals surface area contributed by atoms with E-state index in [1.807, 2.05) is 42.5 Å². The average Bonchev–Trinajstić information content (AvgIpc) is 2.63. The molecule has 1 amide bonds. The lowest BCUT2D eigenvalue weighted by Gasteiger charge is -2.20. The summed E-state index contributed by atoms with van der Waals surface area (Å²) in [6.07, 6.45) is 1.60. The summed E-state index contributed by atoms with van der Waals surface area (Å²) in [5.41, 5.74) is 2.66. The highest BCUT2D eigenvalue weighted by molar-refractivity contribution is 9.10. The molecule has 0 bridgehead atoms. The molecule has 0 saturated heterocycles. The predicted molar refractivity (Wildman–Crippen MR) is 106 cm³/mol. The van der Waals surface area contributed by atoms with Crippen LogP contribution in [0.3, 0.4) is 0 Å². The fraction of sp³-hybridized carbons (Fsp3) is 0.200. The molecule has 1 N–H and O–H groups in total. The van der Waals surface area contributed by atoms with Gasteiger partial charge in [-0.3, -0.25) is 4.79 Å². The maximum atomic E-state index is 12.3. The normalized spacial score (nSPS) is 10.9. The van der Waals surface area contributed by atoms with Gasteiger partial charge in [-0.25, -0.2) is 0 Å². The molecule has 2 aromatic rings. The Morgan fingerprint density at radius 3 is 2.24 bits per heavy atom. The fourth-order valence-electron chi connectivity index (χ4n) is 2.42. The summed E-state index contributed by atoms with van der Waals surface area (Å²) >= 11 is 3.34. The number of nitrogens with one attached hydrogen (secondary N) is 1. The van der Waals surface area contributed by atoms with E-state index in [2.05, 4.69) is 40.0 Å². The van der Waals surface area contributed by atoms with Crippen LogP contribution in [0.1, 0.15) is 19.4 Å². The predicted octanol–water partition coefficient (Wildman–Crippen LogP) is 4.84. The van der Waals surface area contributed by atoms with E-state index in [0.717, 1.165) is 28.8 Å². The Bertz CT molecular complexity index is 785. The van der Waals surface area contributed by atoms with E-state index in [-0.39, 0.29) is 5.57 Å². The largest absolute Gasteiger partial charge is 0.372 e. The molecule has 0 aliphatic heterocycles. The van der Waals surface area contributed by atoms with Crippen molar-refractivity contribution in [3.63, 3.8) is 0 Å². The molecule has 5 heteroatoms. The van der Waals surface area contributed by atoms with Crippen molar-refractivity contribution in [3.05, 3.63) is 64.1 Å². The molecular formula is C20H20BrN3O. The van der Waals surface area contributed by atoms with Gasteiger partial charge in [-0.1, -0.05) is 28.1 Å². The van der Waals surface area contributed by atoms with Crippen LogP contribution in [-0.2, 0) is 4.79 Å². The topological polar surface area (TPSA) is 56.1 Å². The summed E-state index contributed by atoms with van der Waals surface area (Å²) in [6.45, 7) is 6.09. The number of benzene rings is 2. The SMILES string of the molecule is CCN(CC)c1ccc(/C=C(/C#N)C(=O)Nc2ccc(Br)cc2)cc1. The lowest BCUT2D eigenvalue weighted by Crippen LogP contribution is -2.21. The number of anilines is 2. The highest BCUT2D eigenvalue weighted by Gasteiger charge is 2.10. The molecule has 0 radical (unpaired) electrons. The minimum atomic E-state index is -0.419. The molecule has 25 heavy (non-hydrogen) atoms. The number of carbonyl (C=O) groups is 1. The molecule has 2 rings (SSSR count). The maximum Gasteiger partial charge on any atom is 0.266 e. The van der Waals surface area contributed by atoms with Crippen molar-refractivity contribution >= 4 is 39.3 Å². The zero-order valence-electron chi connectivity index (χ0n) is 14.3. The van der Waals surface area contributed by atoms with Crippen LogP contribution < -0.4 is 10.2 Å². The van der Waals surface area contributed by atoms with Crippen molar-refractivity contribution in [1.29, 1.82) is 5.26 Å². The van der Waals surface area contributed by atoms with Crippen LogP contribution in [0, 0.1) is 11.3 Å². The van der Waals surface area contributed by atoms with E-state index in [1.54, 1.807) is 18.2 Å². The molecule has 4 nitrogen and oxygen atoms in total. The standard InChI is InChI=1S/C20H20BrN3O/c1-3-24(4-2)19-11-5-15(6-12-19)13-16(14-22)20(25)23-18-9-7-17(21)8-10-18/h5-13H,3-4H2,1-2H3,(H,23,25)/b16-13-. The van der Waals surface area contributed by atoms with Gasteiger partial charge in [0.25, 0.3) is 5.91 Å². The Morgan fingerprint density at radius 1 is 1.12 bits per heavy atom.